The molecule has 0 N–H and O–H groups in total. The molecule has 3 aliphatic rings. The van der Waals surface area contributed by atoms with E-state index in [0.29, 0.717) is 5.56 Å². The van der Waals surface area contributed by atoms with Gasteiger partial charge in [0.1, 0.15) is 43.1 Å². The molecule has 18 nitrogen and oxygen atoms in total. The number of carbonyl (C=O) groups is 3. The van der Waals surface area contributed by atoms with Crippen LogP contribution in [-0.2, 0) is 57.0 Å². The van der Waals surface area contributed by atoms with Gasteiger partial charge in [-0.1, -0.05) is 40.6 Å². The molecule has 0 amide bonds. The lowest BCUT2D eigenvalue weighted by Crippen LogP contribution is -2.66. The summed E-state index contributed by atoms with van der Waals surface area (Å²) in [5, 5.41) is 7.60. The Labute approximate surface area is 250 Å². The second-order valence-corrected chi connectivity index (χ2v) is 9.94. The third kappa shape index (κ3) is 7.74. The molecule has 0 radical (unpaired) electrons. The summed E-state index contributed by atoms with van der Waals surface area (Å²) >= 11 is 0. The average molecular weight is 621 g/mol. The van der Waals surface area contributed by atoms with Crippen LogP contribution in [0.4, 0.5) is 0 Å². The monoisotopic (exact) mass is 620 g/mol. The van der Waals surface area contributed by atoms with Crippen molar-refractivity contribution in [1.82, 2.24) is 0 Å². The van der Waals surface area contributed by atoms with Crippen molar-refractivity contribution in [3.05, 3.63) is 56.8 Å². The van der Waals surface area contributed by atoms with Crippen molar-refractivity contribution in [2.75, 3.05) is 20.3 Å². The number of hydrogen-bond acceptors (Lipinski definition) is 14. The number of azide groups is 2. The Morgan fingerprint density at radius 2 is 1.50 bits per heavy atom. The van der Waals surface area contributed by atoms with E-state index >= 15 is 0 Å². The summed E-state index contributed by atoms with van der Waals surface area (Å²) in [6.45, 7) is 2.97. The van der Waals surface area contributed by atoms with Crippen LogP contribution >= 0.6 is 0 Å². The first-order chi connectivity index (χ1) is 21.2. The Hall–Kier alpha value is -3.99. The summed E-state index contributed by atoms with van der Waals surface area (Å²) in [5.74, 6) is -2.24. The predicted molar refractivity (Wildman–Crippen MR) is 143 cm³/mol. The minimum absolute atomic E-state index is 0.0396. The van der Waals surface area contributed by atoms with Crippen LogP contribution in [0.25, 0.3) is 20.9 Å². The van der Waals surface area contributed by atoms with Crippen molar-refractivity contribution < 1.29 is 57.0 Å². The Balaban J connectivity index is 1.74. The van der Waals surface area contributed by atoms with Crippen molar-refractivity contribution in [2.45, 2.75) is 88.3 Å². The zero-order valence-electron chi connectivity index (χ0n) is 24.2. The van der Waals surface area contributed by atoms with Crippen molar-refractivity contribution in [2.24, 2.45) is 10.2 Å². The van der Waals surface area contributed by atoms with Crippen molar-refractivity contribution in [3.8, 4) is 0 Å². The molecule has 0 unspecified atom stereocenters. The lowest BCUT2D eigenvalue weighted by molar-refractivity contribution is -0.366. The third-order valence-electron chi connectivity index (χ3n) is 6.94. The SMILES string of the molecule is CO[C@@H]1O[C@@H]2CO[C@H](c3ccccc3)O[C@@H]2[C@H](O[C@H]2O[C@H](COC(C)=O)[C@H](OC(C)=O)[C@H](OC(C)=O)[C@H]2N=[N+]=[N-])[C@H]1N=[N+]=[N-]. The van der Waals surface area contributed by atoms with Crippen LogP contribution in [0, 0.1) is 0 Å². The predicted octanol–water partition coefficient (Wildman–Crippen LogP) is 2.37. The normalized spacial score (nSPS) is 34.7. The standard InChI is InChI=1S/C26H32N6O12/c1-12(33)37-10-16-20(39-13(2)34)22(40-14(3)35)19(30-32-28)26(42-16)44-23-18(29-31-27)25(36-4)41-17-11-38-24(43-21(17)23)15-8-6-5-7-9-15/h5-9,16-26H,10-11H2,1-4H3/t16-,17-,18-,19-,20+,21+,22-,23-,24+,25-,26-/m1/s1. The molecular weight excluding hydrogens is 588 g/mol. The largest absolute Gasteiger partial charge is 0.463 e. The van der Waals surface area contributed by atoms with Crippen LogP contribution in [0.2, 0.25) is 0 Å². The fourth-order valence-electron chi connectivity index (χ4n) is 5.21. The molecule has 0 aliphatic carbocycles. The van der Waals surface area contributed by atoms with Gasteiger partial charge in [0.15, 0.2) is 31.1 Å². The van der Waals surface area contributed by atoms with Crippen LogP contribution < -0.4 is 0 Å². The lowest BCUT2D eigenvalue weighted by Gasteiger charge is -2.50. The first-order valence-corrected chi connectivity index (χ1v) is 13.5. The average Bonchev–Trinajstić information content (AvgIpc) is 2.99. The summed E-state index contributed by atoms with van der Waals surface area (Å²) in [6, 6.07) is 6.43. The number of carbonyl (C=O) groups excluding carboxylic acids is 3. The summed E-state index contributed by atoms with van der Waals surface area (Å²) in [7, 11) is 1.34. The van der Waals surface area contributed by atoms with Gasteiger partial charge < -0.3 is 42.6 Å². The molecule has 11 atom stereocenters. The number of ether oxygens (including phenoxy) is 9. The topological polar surface area (TPSA) is 232 Å². The molecule has 44 heavy (non-hydrogen) atoms. The molecule has 18 heteroatoms. The molecule has 3 heterocycles. The van der Waals surface area contributed by atoms with Crippen LogP contribution in [-0.4, -0.2) is 99.5 Å². The van der Waals surface area contributed by atoms with Gasteiger partial charge in [0.25, 0.3) is 0 Å². The van der Waals surface area contributed by atoms with Crippen molar-refractivity contribution >= 4 is 17.9 Å². The van der Waals surface area contributed by atoms with Crippen LogP contribution in [0.5, 0.6) is 0 Å². The fourth-order valence-corrected chi connectivity index (χ4v) is 5.21. The molecule has 1 aromatic carbocycles. The Morgan fingerprint density at radius 3 is 2.09 bits per heavy atom. The van der Waals surface area contributed by atoms with E-state index in [4.69, 9.17) is 42.6 Å². The minimum atomic E-state index is -1.54. The van der Waals surface area contributed by atoms with Gasteiger partial charge >= 0.3 is 17.9 Å². The molecule has 0 aromatic heterocycles. The first-order valence-electron chi connectivity index (χ1n) is 13.5. The van der Waals surface area contributed by atoms with E-state index in [0.717, 1.165) is 20.8 Å². The number of methoxy groups -OCH3 is 1. The fraction of sp³-hybridized carbons (Fsp3) is 0.654. The Bertz CT molecular complexity index is 1280. The highest BCUT2D eigenvalue weighted by atomic mass is 16.8. The summed E-state index contributed by atoms with van der Waals surface area (Å²) < 4.78 is 52.0. The number of benzene rings is 1. The zero-order valence-corrected chi connectivity index (χ0v) is 24.2. The van der Waals surface area contributed by atoms with E-state index in [1.807, 2.05) is 18.2 Å². The van der Waals surface area contributed by atoms with Gasteiger partial charge in [-0.25, -0.2) is 0 Å². The van der Waals surface area contributed by atoms with E-state index in [1.54, 1.807) is 12.1 Å². The molecule has 4 rings (SSSR count). The van der Waals surface area contributed by atoms with Gasteiger partial charge in [0.05, 0.1) is 6.61 Å². The second-order valence-electron chi connectivity index (χ2n) is 9.94. The zero-order chi connectivity index (χ0) is 31.8. The maximum atomic E-state index is 12.2. The summed E-state index contributed by atoms with van der Waals surface area (Å²) in [5.41, 5.74) is 19.6. The minimum Gasteiger partial charge on any atom is -0.463 e. The molecule has 3 aliphatic heterocycles. The molecule has 1 aromatic rings. The van der Waals surface area contributed by atoms with Gasteiger partial charge in [-0.3, -0.25) is 14.4 Å². The van der Waals surface area contributed by atoms with E-state index in [9.17, 15) is 25.4 Å². The van der Waals surface area contributed by atoms with Crippen LogP contribution in [0.15, 0.2) is 40.6 Å². The highest BCUT2D eigenvalue weighted by Gasteiger charge is 2.56. The summed E-state index contributed by atoms with van der Waals surface area (Å²) in [4.78, 5) is 41.6. The number of fused-ring (bicyclic) bond motifs is 1. The Kier molecular flexibility index (Phi) is 11.3. The number of esters is 3. The van der Waals surface area contributed by atoms with Gasteiger partial charge in [-0.05, 0) is 11.1 Å². The van der Waals surface area contributed by atoms with Crippen molar-refractivity contribution in [3.63, 3.8) is 0 Å². The van der Waals surface area contributed by atoms with E-state index in [2.05, 4.69) is 20.1 Å². The third-order valence-corrected chi connectivity index (χ3v) is 6.94. The second kappa shape index (κ2) is 15.1. The number of rotatable bonds is 10. The molecule has 0 saturated carbocycles. The first kappa shape index (κ1) is 32.9. The molecule has 238 valence electrons. The highest BCUT2D eigenvalue weighted by Crippen LogP contribution is 2.39. The van der Waals surface area contributed by atoms with E-state index in [1.165, 1.54) is 7.11 Å². The maximum Gasteiger partial charge on any atom is 0.303 e. The Morgan fingerprint density at radius 1 is 0.864 bits per heavy atom. The summed E-state index contributed by atoms with van der Waals surface area (Å²) in [6.07, 6.45) is -10.5. The maximum absolute atomic E-state index is 12.2. The molecule has 3 saturated heterocycles. The van der Waals surface area contributed by atoms with Crippen LogP contribution in [0.3, 0.4) is 0 Å². The number of hydrogen-bond donors (Lipinski definition) is 0. The molecule has 0 spiro atoms. The van der Waals surface area contributed by atoms with Gasteiger partial charge in [-0.2, -0.15) is 0 Å². The van der Waals surface area contributed by atoms with Gasteiger partial charge in [0, 0.05) is 43.3 Å². The molecular formula is C26H32N6O12. The van der Waals surface area contributed by atoms with Gasteiger partial charge in [0.2, 0.25) is 0 Å². The van der Waals surface area contributed by atoms with Crippen LogP contribution in [0.1, 0.15) is 32.6 Å². The van der Waals surface area contributed by atoms with Gasteiger partial charge in [-0.15, -0.1) is 0 Å². The molecule has 3 fully saturated rings. The number of nitrogens with zero attached hydrogens (tertiary/aromatic N) is 6. The van der Waals surface area contributed by atoms with E-state index in [-0.39, 0.29) is 6.61 Å². The lowest BCUT2D eigenvalue weighted by atomic mass is 9.94. The smallest absolute Gasteiger partial charge is 0.303 e. The highest BCUT2D eigenvalue weighted by molar-refractivity contribution is 5.68. The molecule has 0 bridgehead atoms. The quantitative estimate of drug-likeness (QED) is 0.121. The van der Waals surface area contributed by atoms with Crippen molar-refractivity contribution in [1.29, 1.82) is 0 Å². The van der Waals surface area contributed by atoms with E-state index < -0.39 is 92.1 Å².